The van der Waals surface area contributed by atoms with Crippen LogP contribution in [-0.2, 0) is 6.18 Å². The molecule has 1 amide bonds. The van der Waals surface area contributed by atoms with Crippen molar-refractivity contribution in [1.82, 2.24) is 5.32 Å². The van der Waals surface area contributed by atoms with Gasteiger partial charge < -0.3 is 10.7 Å². The maximum Gasteiger partial charge on any atom is 0.416 e. The number of alkyl halides is 3. The van der Waals surface area contributed by atoms with Gasteiger partial charge in [-0.2, -0.15) is 13.2 Å². The van der Waals surface area contributed by atoms with Crippen molar-refractivity contribution >= 4 is 11.6 Å². The molecule has 1 aromatic carbocycles. The highest BCUT2D eigenvalue weighted by atomic mass is 19.4. The minimum Gasteiger partial charge on any atom is -0.352 e. The Morgan fingerprint density at radius 2 is 2.05 bits per heavy atom. The lowest BCUT2D eigenvalue weighted by Crippen LogP contribution is -2.33. The van der Waals surface area contributed by atoms with Crippen molar-refractivity contribution in [1.29, 1.82) is 0 Å². The van der Waals surface area contributed by atoms with E-state index in [2.05, 4.69) is 10.7 Å². The van der Waals surface area contributed by atoms with Crippen molar-refractivity contribution in [2.75, 3.05) is 12.0 Å². The van der Waals surface area contributed by atoms with Crippen LogP contribution < -0.4 is 16.6 Å². The van der Waals surface area contributed by atoms with E-state index in [1.54, 1.807) is 0 Å². The Kier molecular flexibility index (Phi) is 4.17. The van der Waals surface area contributed by atoms with Crippen LogP contribution in [0.25, 0.3) is 0 Å². The molecule has 1 aliphatic carbocycles. The topological polar surface area (TPSA) is 67.1 Å². The van der Waals surface area contributed by atoms with Crippen LogP contribution in [-0.4, -0.2) is 12.5 Å². The zero-order chi connectivity index (χ0) is 14.8. The Balaban J connectivity index is 2.16. The van der Waals surface area contributed by atoms with Gasteiger partial charge in [0.05, 0.1) is 16.8 Å². The Hall–Kier alpha value is -1.76. The largest absolute Gasteiger partial charge is 0.416 e. The molecule has 0 spiro atoms. The van der Waals surface area contributed by atoms with Crippen LogP contribution in [0.5, 0.6) is 0 Å². The highest BCUT2D eigenvalue weighted by Crippen LogP contribution is 2.32. The maximum atomic E-state index is 12.7. The summed E-state index contributed by atoms with van der Waals surface area (Å²) in [4.78, 5) is 12.0. The molecule has 0 atom stereocenters. The number of carbonyl (C=O) groups is 1. The molecule has 0 unspecified atom stereocenters. The lowest BCUT2D eigenvalue weighted by atomic mass is 9.85. The monoisotopic (exact) mass is 287 g/mol. The molecule has 0 saturated heterocycles. The third-order valence-electron chi connectivity index (χ3n) is 3.52. The third-order valence-corrected chi connectivity index (χ3v) is 3.52. The smallest absolute Gasteiger partial charge is 0.352 e. The first kappa shape index (κ1) is 14.6. The Morgan fingerprint density at radius 1 is 1.35 bits per heavy atom. The van der Waals surface area contributed by atoms with Crippen molar-refractivity contribution in [3.8, 4) is 0 Å². The maximum absolute atomic E-state index is 12.7. The Morgan fingerprint density at radius 3 is 2.55 bits per heavy atom. The van der Waals surface area contributed by atoms with Crippen molar-refractivity contribution in [3.63, 3.8) is 0 Å². The lowest BCUT2D eigenvalue weighted by Gasteiger charge is -2.25. The summed E-state index contributed by atoms with van der Waals surface area (Å²) in [5, 5.41) is 2.65. The van der Waals surface area contributed by atoms with Crippen molar-refractivity contribution in [2.24, 2.45) is 11.8 Å². The number of carbonyl (C=O) groups excluding carboxylic acids is 1. The number of hydrazine groups is 1. The molecule has 0 radical (unpaired) electrons. The molecule has 0 aliphatic heterocycles. The second kappa shape index (κ2) is 5.70. The molecular weight excluding hydrogens is 271 g/mol. The minimum absolute atomic E-state index is 0.0957. The highest BCUT2D eigenvalue weighted by molar-refractivity contribution is 5.99. The van der Waals surface area contributed by atoms with Crippen LogP contribution >= 0.6 is 0 Å². The molecule has 1 saturated carbocycles. The number of nitrogens with one attached hydrogen (secondary N) is 2. The van der Waals surface area contributed by atoms with Gasteiger partial charge in [-0.25, -0.2) is 0 Å². The Bertz CT molecular complexity index is 498. The number of amides is 1. The van der Waals surface area contributed by atoms with Crippen LogP contribution in [0.2, 0.25) is 0 Å². The lowest BCUT2D eigenvalue weighted by molar-refractivity contribution is -0.137. The van der Waals surface area contributed by atoms with Crippen LogP contribution in [0.3, 0.4) is 0 Å². The van der Waals surface area contributed by atoms with Gasteiger partial charge in [0.25, 0.3) is 5.91 Å². The van der Waals surface area contributed by atoms with Crippen LogP contribution in [0, 0.1) is 5.92 Å². The van der Waals surface area contributed by atoms with Crippen molar-refractivity contribution < 1.29 is 18.0 Å². The zero-order valence-corrected chi connectivity index (χ0v) is 10.8. The first-order chi connectivity index (χ1) is 9.41. The molecule has 0 bridgehead atoms. The molecule has 4 nitrogen and oxygen atoms in total. The number of hydrogen-bond acceptors (Lipinski definition) is 3. The van der Waals surface area contributed by atoms with Crippen molar-refractivity contribution in [2.45, 2.75) is 25.4 Å². The van der Waals surface area contributed by atoms with E-state index in [-0.39, 0.29) is 11.3 Å². The first-order valence-electron chi connectivity index (χ1n) is 6.38. The van der Waals surface area contributed by atoms with E-state index in [4.69, 9.17) is 5.84 Å². The zero-order valence-electron chi connectivity index (χ0n) is 10.8. The van der Waals surface area contributed by atoms with Crippen LogP contribution in [0.4, 0.5) is 18.9 Å². The van der Waals surface area contributed by atoms with E-state index < -0.39 is 17.6 Å². The standard InChI is InChI=1S/C13H16F3N3O/c14-13(15,16)9-4-5-11(19-17)10(6-9)12(20)18-7-8-2-1-3-8/h4-6,8,19H,1-3,7,17H2,(H,18,20). The van der Waals surface area contributed by atoms with Gasteiger partial charge in [0.2, 0.25) is 0 Å². The quantitative estimate of drug-likeness (QED) is 0.589. The predicted octanol–water partition coefficient (Wildman–Crippen LogP) is 2.52. The second-order valence-corrected chi connectivity index (χ2v) is 4.91. The van der Waals surface area contributed by atoms with Gasteiger partial charge >= 0.3 is 6.18 Å². The summed E-state index contributed by atoms with van der Waals surface area (Å²) in [6, 6.07) is 2.85. The summed E-state index contributed by atoms with van der Waals surface area (Å²) in [6.45, 7) is 0.485. The van der Waals surface area contributed by atoms with E-state index >= 15 is 0 Å². The summed E-state index contributed by atoms with van der Waals surface area (Å²) in [5.74, 6) is 5.11. The van der Waals surface area contributed by atoms with E-state index in [1.165, 1.54) is 0 Å². The number of nitrogen functional groups attached to an aromatic ring is 1. The summed E-state index contributed by atoms with van der Waals surface area (Å²) in [5.41, 5.74) is 1.45. The molecule has 2 rings (SSSR count). The third kappa shape index (κ3) is 3.22. The minimum atomic E-state index is -4.49. The molecule has 4 N–H and O–H groups in total. The number of halogens is 3. The fraction of sp³-hybridized carbons (Fsp3) is 0.462. The fourth-order valence-corrected chi connectivity index (χ4v) is 2.06. The van der Waals surface area contributed by atoms with Gasteiger partial charge in [0.15, 0.2) is 0 Å². The first-order valence-corrected chi connectivity index (χ1v) is 6.38. The SMILES string of the molecule is NNc1ccc(C(F)(F)F)cc1C(=O)NCC1CCC1. The van der Waals surface area contributed by atoms with E-state index in [9.17, 15) is 18.0 Å². The Labute approximate surface area is 114 Å². The molecule has 0 aromatic heterocycles. The normalized spacial score (nSPS) is 15.6. The van der Waals surface area contributed by atoms with Gasteiger partial charge in [-0.1, -0.05) is 6.42 Å². The molecule has 1 fully saturated rings. The van der Waals surface area contributed by atoms with Gasteiger partial charge in [-0.3, -0.25) is 10.6 Å². The van der Waals surface area contributed by atoms with E-state index in [0.29, 0.717) is 12.5 Å². The van der Waals surface area contributed by atoms with Gasteiger partial charge in [0, 0.05) is 6.54 Å². The molecule has 1 aromatic rings. The molecule has 0 heterocycles. The van der Waals surface area contributed by atoms with Gasteiger partial charge in [0.1, 0.15) is 0 Å². The van der Waals surface area contributed by atoms with Crippen molar-refractivity contribution in [3.05, 3.63) is 29.3 Å². The number of hydrogen-bond donors (Lipinski definition) is 3. The van der Waals surface area contributed by atoms with E-state index in [1.807, 2.05) is 0 Å². The molecule has 1 aliphatic rings. The van der Waals surface area contributed by atoms with Gasteiger partial charge in [-0.05, 0) is 37.0 Å². The second-order valence-electron chi connectivity index (χ2n) is 4.91. The number of nitrogens with two attached hydrogens (primary N) is 1. The van der Waals surface area contributed by atoms with Crippen LogP contribution in [0.1, 0.15) is 35.2 Å². The summed E-state index contributed by atoms with van der Waals surface area (Å²) < 4.78 is 38.0. The summed E-state index contributed by atoms with van der Waals surface area (Å²) in [7, 11) is 0. The molecule has 7 heteroatoms. The molecule has 20 heavy (non-hydrogen) atoms. The number of anilines is 1. The number of benzene rings is 1. The van der Waals surface area contributed by atoms with E-state index in [0.717, 1.165) is 37.5 Å². The molecule has 110 valence electrons. The highest BCUT2D eigenvalue weighted by Gasteiger charge is 2.31. The average molecular weight is 287 g/mol. The average Bonchev–Trinajstić information content (AvgIpc) is 2.34. The van der Waals surface area contributed by atoms with Gasteiger partial charge in [-0.15, -0.1) is 0 Å². The predicted molar refractivity (Wildman–Crippen MR) is 68.9 cm³/mol. The summed E-state index contributed by atoms with van der Waals surface area (Å²) in [6.07, 6.45) is -1.26. The van der Waals surface area contributed by atoms with Crippen LogP contribution in [0.15, 0.2) is 18.2 Å². The summed E-state index contributed by atoms with van der Waals surface area (Å²) >= 11 is 0. The number of rotatable bonds is 4. The molecular formula is C13H16F3N3O. The fourth-order valence-electron chi connectivity index (χ4n) is 2.06.